The van der Waals surface area contributed by atoms with Gasteiger partial charge in [-0.15, -0.1) is 0 Å². The fourth-order valence-electron chi connectivity index (χ4n) is 2.93. The van der Waals surface area contributed by atoms with Crippen molar-refractivity contribution in [3.63, 3.8) is 0 Å². The van der Waals surface area contributed by atoms with Gasteiger partial charge in [0.05, 0.1) is 4.92 Å². The van der Waals surface area contributed by atoms with Gasteiger partial charge in [0, 0.05) is 6.07 Å². The summed E-state index contributed by atoms with van der Waals surface area (Å²) in [5, 5.41) is 30.6. The quantitative estimate of drug-likeness (QED) is 0.413. The predicted octanol–water partition coefficient (Wildman–Crippen LogP) is 3.24. The second kappa shape index (κ2) is 7.86. The largest absolute Gasteiger partial charge is 0.482 e. The van der Waals surface area contributed by atoms with Crippen LogP contribution in [0.3, 0.4) is 0 Å². The van der Waals surface area contributed by atoms with E-state index in [0.717, 1.165) is 23.8 Å². The van der Waals surface area contributed by atoms with Gasteiger partial charge in [-0.1, -0.05) is 50.2 Å². The summed E-state index contributed by atoms with van der Waals surface area (Å²) >= 11 is 0. The van der Waals surface area contributed by atoms with Gasteiger partial charge < -0.3 is 14.9 Å². The Bertz CT molecular complexity index is 848. The molecule has 2 aromatic carbocycles. The molecule has 0 saturated heterocycles. The number of aliphatic carboxylic acids is 2. The zero-order chi connectivity index (χ0) is 20.2. The van der Waals surface area contributed by atoms with Crippen molar-refractivity contribution in [2.24, 2.45) is 5.92 Å². The van der Waals surface area contributed by atoms with E-state index in [9.17, 15) is 29.9 Å². The molecule has 8 nitrogen and oxygen atoms in total. The van der Waals surface area contributed by atoms with Crippen LogP contribution in [0.4, 0.5) is 5.69 Å². The standard InChI is InChI=1S/C19H19NO7/c1-12(2)19(17(21)22,18(23)24)14-8-9-15(20(25)26)16(10-14)27-11-13-6-4-3-5-7-13/h3-10,12H,11H2,1-2H3,(H,21,22)(H,23,24). The van der Waals surface area contributed by atoms with Gasteiger partial charge in [0.15, 0.2) is 11.2 Å². The first-order chi connectivity index (χ1) is 12.7. The van der Waals surface area contributed by atoms with E-state index >= 15 is 0 Å². The molecule has 0 aromatic heterocycles. The number of ether oxygens (including phenoxy) is 1. The van der Waals surface area contributed by atoms with E-state index in [2.05, 4.69) is 0 Å². The lowest BCUT2D eigenvalue weighted by Gasteiger charge is -2.29. The zero-order valence-electron chi connectivity index (χ0n) is 14.8. The highest BCUT2D eigenvalue weighted by Gasteiger charge is 2.51. The molecule has 0 atom stereocenters. The van der Waals surface area contributed by atoms with Crippen LogP contribution in [0.15, 0.2) is 48.5 Å². The lowest BCUT2D eigenvalue weighted by atomic mass is 9.71. The van der Waals surface area contributed by atoms with Crippen molar-refractivity contribution in [1.82, 2.24) is 0 Å². The summed E-state index contributed by atoms with van der Waals surface area (Å²) in [6.07, 6.45) is 0. The fraction of sp³-hybridized carbons (Fsp3) is 0.263. The Labute approximate surface area is 155 Å². The van der Waals surface area contributed by atoms with Gasteiger partial charge in [-0.05, 0) is 23.1 Å². The molecule has 8 heteroatoms. The Kier molecular flexibility index (Phi) is 5.79. The summed E-state index contributed by atoms with van der Waals surface area (Å²) < 4.78 is 5.53. The maximum atomic E-state index is 11.9. The van der Waals surface area contributed by atoms with Crippen molar-refractivity contribution in [3.05, 3.63) is 69.8 Å². The summed E-state index contributed by atoms with van der Waals surface area (Å²) in [5.74, 6) is -4.09. The Morgan fingerprint density at radius 1 is 1.11 bits per heavy atom. The third kappa shape index (κ3) is 3.74. The van der Waals surface area contributed by atoms with Crippen molar-refractivity contribution < 1.29 is 29.5 Å². The molecule has 0 amide bonds. The van der Waals surface area contributed by atoms with Crippen LogP contribution in [0.5, 0.6) is 5.75 Å². The normalized spacial score (nSPS) is 11.2. The molecule has 0 aliphatic carbocycles. The average Bonchev–Trinajstić information content (AvgIpc) is 2.60. The summed E-state index contributed by atoms with van der Waals surface area (Å²) in [6.45, 7) is 2.95. The Hall–Kier alpha value is -3.42. The monoisotopic (exact) mass is 373 g/mol. The van der Waals surface area contributed by atoms with E-state index in [1.807, 2.05) is 6.07 Å². The molecule has 0 fully saturated rings. The maximum absolute atomic E-state index is 11.9. The Morgan fingerprint density at radius 2 is 1.70 bits per heavy atom. The average molecular weight is 373 g/mol. The van der Waals surface area contributed by atoms with Gasteiger partial charge in [0.1, 0.15) is 6.61 Å². The van der Waals surface area contributed by atoms with Crippen molar-refractivity contribution in [3.8, 4) is 5.75 Å². The number of carboxylic acid groups (broad SMARTS) is 2. The second-order valence-electron chi connectivity index (χ2n) is 6.29. The van der Waals surface area contributed by atoms with Gasteiger partial charge in [-0.2, -0.15) is 0 Å². The van der Waals surface area contributed by atoms with Gasteiger partial charge in [0.25, 0.3) is 0 Å². The molecule has 2 N–H and O–H groups in total. The molecular formula is C19H19NO7. The van der Waals surface area contributed by atoms with Crippen LogP contribution in [-0.2, 0) is 21.6 Å². The molecule has 0 saturated carbocycles. The highest BCUT2D eigenvalue weighted by molar-refractivity contribution is 6.05. The number of carboxylic acids is 2. The molecule has 0 unspecified atom stereocenters. The van der Waals surface area contributed by atoms with Crippen molar-refractivity contribution in [2.45, 2.75) is 25.9 Å². The lowest BCUT2D eigenvalue weighted by Crippen LogP contribution is -2.48. The van der Waals surface area contributed by atoms with Crippen molar-refractivity contribution >= 4 is 17.6 Å². The minimum absolute atomic E-state index is 0.0138. The van der Waals surface area contributed by atoms with Gasteiger partial charge in [0.2, 0.25) is 0 Å². The number of hydrogen-bond acceptors (Lipinski definition) is 5. The minimum atomic E-state index is -2.25. The van der Waals surface area contributed by atoms with E-state index in [1.165, 1.54) is 13.8 Å². The summed E-state index contributed by atoms with van der Waals surface area (Å²) in [4.78, 5) is 34.3. The number of nitro groups is 1. The van der Waals surface area contributed by atoms with Crippen LogP contribution in [-0.4, -0.2) is 27.1 Å². The van der Waals surface area contributed by atoms with Crippen LogP contribution < -0.4 is 4.74 Å². The first-order valence-corrected chi connectivity index (χ1v) is 8.13. The number of rotatable bonds is 8. The summed E-state index contributed by atoms with van der Waals surface area (Å²) in [5.41, 5.74) is -1.96. The van der Waals surface area contributed by atoms with Crippen molar-refractivity contribution in [2.75, 3.05) is 0 Å². The van der Waals surface area contributed by atoms with Crippen LogP contribution in [0, 0.1) is 16.0 Å². The van der Waals surface area contributed by atoms with Gasteiger partial charge >= 0.3 is 17.6 Å². The van der Waals surface area contributed by atoms with E-state index in [-0.39, 0.29) is 23.6 Å². The summed E-state index contributed by atoms with van der Waals surface area (Å²) in [6, 6.07) is 12.2. The first-order valence-electron chi connectivity index (χ1n) is 8.13. The molecule has 2 aromatic rings. The van der Waals surface area contributed by atoms with Crippen LogP contribution in [0.1, 0.15) is 25.0 Å². The van der Waals surface area contributed by atoms with E-state index < -0.39 is 28.2 Å². The molecule has 0 radical (unpaired) electrons. The van der Waals surface area contributed by atoms with Crippen LogP contribution >= 0.6 is 0 Å². The molecule has 0 heterocycles. The molecular weight excluding hydrogens is 354 g/mol. The Morgan fingerprint density at radius 3 is 2.19 bits per heavy atom. The molecule has 0 bridgehead atoms. The predicted molar refractivity (Wildman–Crippen MR) is 95.7 cm³/mol. The minimum Gasteiger partial charge on any atom is -0.482 e. The lowest BCUT2D eigenvalue weighted by molar-refractivity contribution is -0.386. The van der Waals surface area contributed by atoms with E-state index in [0.29, 0.717) is 0 Å². The number of carbonyl (C=O) groups is 2. The third-order valence-corrected chi connectivity index (χ3v) is 4.39. The topological polar surface area (TPSA) is 127 Å². The molecule has 0 aliphatic heterocycles. The smallest absolute Gasteiger partial charge is 0.325 e. The maximum Gasteiger partial charge on any atom is 0.325 e. The third-order valence-electron chi connectivity index (χ3n) is 4.39. The SMILES string of the molecule is CC(C)C(C(=O)O)(C(=O)O)c1ccc([N+](=O)[O-])c(OCc2ccccc2)c1. The Balaban J connectivity index is 2.54. The molecule has 0 aliphatic rings. The summed E-state index contributed by atoms with van der Waals surface area (Å²) in [7, 11) is 0. The first kappa shape index (κ1) is 19.9. The van der Waals surface area contributed by atoms with Crippen LogP contribution in [0.2, 0.25) is 0 Å². The number of benzene rings is 2. The highest BCUT2D eigenvalue weighted by atomic mass is 16.6. The molecule has 142 valence electrons. The number of nitrogens with zero attached hydrogens (tertiary/aromatic N) is 1. The van der Waals surface area contributed by atoms with Crippen LogP contribution in [0.25, 0.3) is 0 Å². The van der Waals surface area contributed by atoms with Crippen molar-refractivity contribution in [1.29, 1.82) is 0 Å². The second-order valence-corrected chi connectivity index (χ2v) is 6.29. The van der Waals surface area contributed by atoms with E-state index in [4.69, 9.17) is 4.74 Å². The number of hydrogen-bond donors (Lipinski definition) is 2. The molecule has 0 spiro atoms. The number of nitro benzene ring substituents is 1. The van der Waals surface area contributed by atoms with Gasteiger partial charge in [-0.3, -0.25) is 19.7 Å². The van der Waals surface area contributed by atoms with Gasteiger partial charge in [-0.25, -0.2) is 0 Å². The fourth-order valence-corrected chi connectivity index (χ4v) is 2.93. The molecule has 2 rings (SSSR count). The zero-order valence-corrected chi connectivity index (χ0v) is 14.8. The van der Waals surface area contributed by atoms with E-state index in [1.54, 1.807) is 24.3 Å². The molecule has 27 heavy (non-hydrogen) atoms. The highest BCUT2D eigenvalue weighted by Crippen LogP contribution is 2.38.